The van der Waals surface area contributed by atoms with Crippen LogP contribution in [0.4, 0.5) is 5.13 Å². The third kappa shape index (κ3) is 4.58. The molecule has 0 aliphatic heterocycles. The minimum atomic E-state index is -0.391. The molecule has 0 aliphatic rings. The lowest BCUT2D eigenvalue weighted by atomic mass is 10.2. The predicted molar refractivity (Wildman–Crippen MR) is 102 cm³/mol. The van der Waals surface area contributed by atoms with E-state index in [1.54, 1.807) is 30.0 Å². The van der Waals surface area contributed by atoms with Gasteiger partial charge in [-0.25, -0.2) is 9.78 Å². The average Bonchev–Trinajstić information content (AvgIpc) is 3.03. The molecule has 3 aromatic rings. The second kappa shape index (κ2) is 8.13. The summed E-state index contributed by atoms with van der Waals surface area (Å²) in [7, 11) is 1.35. The van der Waals surface area contributed by atoms with Gasteiger partial charge in [0.25, 0.3) is 0 Å². The lowest BCUT2D eigenvalue weighted by Gasteiger charge is -2.02. The summed E-state index contributed by atoms with van der Waals surface area (Å²) in [6.45, 7) is 0. The van der Waals surface area contributed by atoms with Crippen LogP contribution in [0.2, 0.25) is 0 Å². The number of carbonyl (C=O) groups is 2. The van der Waals surface area contributed by atoms with Crippen LogP contribution in [0.3, 0.4) is 0 Å². The van der Waals surface area contributed by atoms with E-state index in [2.05, 4.69) is 10.3 Å². The molecule has 1 heterocycles. The summed E-state index contributed by atoms with van der Waals surface area (Å²) in [5.74, 6) is 0.667. The summed E-state index contributed by atoms with van der Waals surface area (Å²) in [6.07, 6.45) is 0. The molecule has 128 valence electrons. The number of amides is 1. The zero-order chi connectivity index (χ0) is 17.6. The molecular formula is C18H16N2O3S2. The predicted octanol–water partition coefficient (Wildman–Crippen LogP) is 3.95. The number of nitrogens with one attached hydrogen (secondary N) is 1. The van der Waals surface area contributed by atoms with Crippen LogP contribution in [0.1, 0.15) is 15.9 Å². The van der Waals surface area contributed by atoms with Gasteiger partial charge in [-0.05, 0) is 23.8 Å². The lowest BCUT2D eigenvalue weighted by Crippen LogP contribution is -2.13. The Morgan fingerprint density at radius 2 is 2.00 bits per heavy atom. The Kier molecular flexibility index (Phi) is 5.67. The van der Waals surface area contributed by atoms with Gasteiger partial charge in [-0.1, -0.05) is 41.7 Å². The van der Waals surface area contributed by atoms with Crippen molar-refractivity contribution in [2.24, 2.45) is 0 Å². The average molecular weight is 372 g/mol. The number of hydrogen-bond acceptors (Lipinski definition) is 6. The van der Waals surface area contributed by atoms with E-state index in [0.717, 1.165) is 16.0 Å². The fraction of sp³-hybridized carbons (Fsp3) is 0.167. The summed E-state index contributed by atoms with van der Waals surface area (Å²) >= 11 is 2.89. The number of anilines is 1. The van der Waals surface area contributed by atoms with Crippen LogP contribution in [-0.4, -0.2) is 29.7 Å². The highest BCUT2D eigenvalue weighted by molar-refractivity contribution is 7.99. The minimum absolute atomic E-state index is 0.0896. The SMILES string of the molecule is COC(=O)c1ccc2nc(NC(=O)CSCc3ccccc3)sc2c1. The number of esters is 1. The Labute approximate surface area is 153 Å². The van der Waals surface area contributed by atoms with Crippen molar-refractivity contribution < 1.29 is 14.3 Å². The maximum atomic E-state index is 12.1. The highest BCUT2D eigenvalue weighted by Gasteiger charge is 2.11. The van der Waals surface area contributed by atoms with Gasteiger partial charge in [-0.15, -0.1) is 11.8 Å². The van der Waals surface area contributed by atoms with Crippen molar-refractivity contribution in [3.63, 3.8) is 0 Å². The highest BCUT2D eigenvalue weighted by atomic mass is 32.2. The molecule has 5 nitrogen and oxygen atoms in total. The van der Waals surface area contributed by atoms with Gasteiger partial charge in [-0.3, -0.25) is 4.79 Å². The Morgan fingerprint density at radius 3 is 2.76 bits per heavy atom. The molecule has 1 N–H and O–H groups in total. The van der Waals surface area contributed by atoms with E-state index in [1.807, 2.05) is 30.3 Å². The van der Waals surface area contributed by atoms with Crippen LogP contribution >= 0.6 is 23.1 Å². The summed E-state index contributed by atoms with van der Waals surface area (Å²) in [5.41, 5.74) is 2.40. The Morgan fingerprint density at radius 1 is 1.20 bits per heavy atom. The monoisotopic (exact) mass is 372 g/mol. The molecule has 7 heteroatoms. The molecular weight excluding hydrogens is 356 g/mol. The zero-order valence-corrected chi connectivity index (χ0v) is 15.2. The smallest absolute Gasteiger partial charge is 0.337 e. The van der Waals surface area contributed by atoms with Crippen molar-refractivity contribution in [1.82, 2.24) is 4.98 Å². The molecule has 0 bridgehead atoms. The molecule has 0 radical (unpaired) electrons. The summed E-state index contributed by atoms with van der Waals surface area (Å²) < 4.78 is 5.54. The zero-order valence-electron chi connectivity index (χ0n) is 13.5. The first-order chi connectivity index (χ1) is 12.2. The first-order valence-corrected chi connectivity index (χ1v) is 9.53. The van der Waals surface area contributed by atoms with Gasteiger partial charge in [0, 0.05) is 5.75 Å². The number of carbonyl (C=O) groups excluding carboxylic acids is 2. The van der Waals surface area contributed by atoms with Gasteiger partial charge < -0.3 is 10.1 Å². The maximum Gasteiger partial charge on any atom is 0.337 e. The molecule has 0 spiro atoms. The van der Waals surface area contributed by atoms with Crippen molar-refractivity contribution in [2.45, 2.75) is 5.75 Å². The van der Waals surface area contributed by atoms with Crippen molar-refractivity contribution in [1.29, 1.82) is 0 Å². The van der Waals surface area contributed by atoms with Crippen LogP contribution < -0.4 is 5.32 Å². The van der Waals surface area contributed by atoms with Gasteiger partial charge in [-0.2, -0.15) is 0 Å². The molecule has 0 saturated heterocycles. The lowest BCUT2D eigenvalue weighted by molar-refractivity contribution is -0.113. The van der Waals surface area contributed by atoms with Crippen LogP contribution in [0, 0.1) is 0 Å². The summed E-state index contributed by atoms with van der Waals surface area (Å²) in [6, 6.07) is 15.2. The molecule has 0 aliphatic carbocycles. The number of fused-ring (bicyclic) bond motifs is 1. The number of methoxy groups -OCH3 is 1. The second-order valence-corrected chi connectivity index (χ2v) is 7.24. The van der Waals surface area contributed by atoms with E-state index in [0.29, 0.717) is 16.4 Å². The van der Waals surface area contributed by atoms with E-state index < -0.39 is 5.97 Å². The van der Waals surface area contributed by atoms with Crippen molar-refractivity contribution >= 4 is 50.3 Å². The normalized spacial score (nSPS) is 10.6. The number of thioether (sulfide) groups is 1. The number of aromatic nitrogens is 1. The largest absolute Gasteiger partial charge is 0.465 e. The van der Waals surface area contributed by atoms with Crippen LogP contribution in [-0.2, 0) is 15.3 Å². The highest BCUT2D eigenvalue weighted by Crippen LogP contribution is 2.27. The first-order valence-electron chi connectivity index (χ1n) is 7.56. The summed E-state index contributed by atoms with van der Waals surface area (Å²) in [5, 5.41) is 3.34. The maximum absolute atomic E-state index is 12.1. The molecule has 0 fully saturated rings. The standard InChI is InChI=1S/C18H16N2O3S2/c1-23-17(22)13-7-8-14-15(9-13)25-18(19-14)20-16(21)11-24-10-12-5-3-2-4-6-12/h2-9H,10-11H2,1H3,(H,19,20,21). The molecule has 1 aromatic heterocycles. The molecule has 0 saturated carbocycles. The topological polar surface area (TPSA) is 68.3 Å². The van der Waals surface area contributed by atoms with Gasteiger partial charge in [0.1, 0.15) is 0 Å². The number of thiazole rings is 1. The Hall–Kier alpha value is -2.38. The summed E-state index contributed by atoms with van der Waals surface area (Å²) in [4.78, 5) is 28.0. The minimum Gasteiger partial charge on any atom is -0.465 e. The van der Waals surface area contributed by atoms with Gasteiger partial charge >= 0.3 is 5.97 Å². The van der Waals surface area contributed by atoms with Crippen molar-refractivity contribution in [2.75, 3.05) is 18.2 Å². The van der Waals surface area contributed by atoms with Crippen LogP contribution in [0.5, 0.6) is 0 Å². The quantitative estimate of drug-likeness (QED) is 0.664. The third-order valence-corrected chi connectivity index (χ3v) is 5.34. The van der Waals surface area contributed by atoms with E-state index in [9.17, 15) is 9.59 Å². The van der Waals surface area contributed by atoms with Crippen LogP contribution in [0.15, 0.2) is 48.5 Å². The fourth-order valence-corrected chi connectivity index (χ4v) is 3.92. The third-order valence-electron chi connectivity index (χ3n) is 3.40. The molecule has 25 heavy (non-hydrogen) atoms. The van der Waals surface area contributed by atoms with Crippen LogP contribution in [0.25, 0.3) is 10.2 Å². The number of hydrogen-bond donors (Lipinski definition) is 1. The first kappa shape index (κ1) is 17.4. The van der Waals surface area contributed by atoms with Crippen molar-refractivity contribution in [3.05, 3.63) is 59.7 Å². The molecule has 3 rings (SSSR count). The second-order valence-electron chi connectivity index (χ2n) is 5.22. The molecule has 0 unspecified atom stereocenters. The van der Waals surface area contributed by atoms with Crippen molar-refractivity contribution in [3.8, 4) is 0 Å². The Bertz CT molecular complexity index is 894. The molecule has 2 aromatic carbocycles. The number of rotatable bonds is 6. The number of ether oxygens (including phenoxy) is 1. The van der Waals surface area contributed by atoms with E-state index in [1.165, 1.54) is 24.0 Å². The number of benzene rings is 2. The van der Waals surface area contributed by atoms with E-state index in [-0.39, 0.29) is 5.91 Å². The molecule has 0 atom stereocenters. The van der Waals surface area contributed by atoms with E-state index in [4.69, 9.17) is 4.74 Å². The fourth-order valence-electron chi connectivity index (χ4n) is 2.21. The van der Waals surface area contributed by atoms with Gasteiger partial charge in [0.05, 0.1) is 28.6 Å². The van der Waals surface area contributed by atoms with E-state index >= 15 is 0 Å². The Balaban J connectivity index is 1.58. The number of nitrogens with zero attached hydrogens (tertiary/aromatic N) is 1. The molecule has 1 amide bonds. The van der Waals surface area contributed by atoms with Gasteiger partial charge in [0.15, 0.2) is 5.13 Å². The van der Waals surface area contributed by atoms with Gasteiger partial charge in [0.2, 0.25) is 5.91 Å².